The zero-order valence-corrected chi connectivity index (χ0v) is 41.7. The van der Waals surface area contributed by atoms with Crippen LogP contribution in [0.5, 0.6) is 0 Å². The molecule has 0 aliphatic rings. The third-order valence-electron chi connectivity index (χ3n) is 10.3. The van der Waals surface area contributed by atoms with Crippen LogP contribution in [0, 0.1) is 29.6 Å². The van der Waals surface area contributed by atoms with Gasteiger partial charge in [0.05, 0.1) is 46.8 Å². The van der Waals surface area contributed by atoms with Crippen LogP contribution in [0.2, 0.25) is 0 Å². The Balaban J connectivity index is 0.000000192. The molecule has 0 aliphatic carbocycles. The van der Waals surface area contributed by atoms with Crippen molar-refractivity contribution in [1.29, 1.82) is 0 Å². The van der Waals surface area contributed by atoms with Gasteiger partial charge in [0.15, 0.2) is 0 Å². The number of aliphatic hydroxyl groups excluding tert-OH is 4. The Bertz CT molecular complexity index is 3150. The maximum Gasteiger partial charge on any atom is 0.126 e. The van der Waals surface area contributed by atoms with Crippen LogP contribution >= 0.6 is 0 Å². The van der Waals surface area contributed by atoms with Gasteiger partial charge in [-0.2, -0.15) is 0 Å². The van der Waals surface area contributed by atoms with Crippen molar-refractivity contribution < 1.29 is 73.8 Å². The second-order valence-corrected chi connectivity index (χ2v) is 15.9. The standard InChI is InChI=1S/C22H11F2N2.C22H12FN2.2C5H12O2.2Ir/c23-14-9-13(10-15(24)11-14)20-12-25-21-18-7-3-1-5-16(18)17-6-2-4-8-19(17)22(21)26-20;23-15-7-5-6-14(12-15)20-13-24-21-18-10-3-1-8-16(18)17-9-2-4-11-19(17)22(21)25-20;2*1-4(6)3-5(2)7;;/h1-6,8-12H;1-9,11-13H;2*4-7H,3H2,1-2H3;;/q2*-1;;;;. The Labute approximate surface area is 413 Å². The Morgan fingerprint density at radius 2 is 0.821 bits per heavy atom. The van der Waals surface area contributed by atoms with E-state index in [-0.39, 0.29) is 70.4 Å². The van der Waals surface area contributed by atoms with Crippen LogP contribution < -0.4 is 0 Å². The molecule has 13 heteroatoms. The first-order valence-corrected chi connectivity index (χ1v) is 21.2. The van der Waals surface area contributed by atoms with E-state index in [0.29, 0.717) is 35.3 Å². The first-order chi connectivity index (χ1) is 31.3. The summed E-state index contributed by atoms with van der Waals surface area (Å²) >= 11 is 0. The Morgan fingerprint density at radius 3 is 1.22 bits per heavy atom. The van der Waals surface area contributed by atoms with Gasteiger partial charge in [-0.25, -0.2) is 13.2 Å². The molecule has 4 atom stereocenters. The Kier molecular flexibility index (Phi) is 18.7. The summed E-state index contributed by atoms with van der Waals surface area (Å²) in [7, 11) is 0. The zero-order chi connectivity index (χ0) is 46.2. The average Bonchev–Trinajstić information content (AvgIpc) is 3.28. The monoisotopic (exact) mass is 1260 g/mol. The van der Waals surface area contributed by atoms with E-state index in [1.165, 1.54) is 24.3 Å². The molecule has 2 radical (unpaired) electrons. The average molecular weight is 1260 g/mol. The van der Waals surface area contributed by atoms with E-state index < -0.39 is 11.6 Å². The Morgan fingerprint density at radius 1 is 0.433 bits per heavy atom. The summed E-state index contributed by atoms with van der Waals surface area (Å²) < 4.78 is 40.8. The molecule has 4 N–H and O–H groups in total. The Hall–Kier alpha value is -5.59. The number of nitrogens with zero attached hydrogens (tertiary/aromatic N) is 4. The number of aliphatic hydroxyl groups is 4. The number of aromatic nitrogens is 4. The zero-order valence-electron chi connectivity index (χ0n) is 36.9. The minimum Gasteiger partial charge on any atom is -0.393 e. The third kappa shape index (κ3) is 12.9. The minimum atomic E-state index is -0.640. The smallest absolute Gasteiger partial charge is 0.126 e. The molecule has 10 aromatic rings. The molecule has 348 valence electrons. The van der Waals surface area contributed by atoms with E-state index in [1.807, 2.05) is 78.9 Å². The van der Waals surface area contributed by atoms with Crippen LogP contribution in [0.25, 0.3) is 87.7 Å². The first kappa shape index (κ1) is 52.4. The molecule has 0 bridgehead atoms. The number of fused-ring (bicyclic) bond motifs is 12. The molecule has 2 heterocycles. The summed E-state index contributed by atoms with van der Waals surface area (Å²) in [5.41, 5.74) is 5.21. The number of halogens is 3. The fourth-order valence-corrected chi connectivity index (χ4v) is 7.70. The molecule has 0 fully saturated rings. The van der Waals surface area contributed by atoms with Crippen LogP contribution in [0.1, 0.15) is 40.5 Å². The molecular formula is C54H47F3Ir2N4O4-2. The summed E-state index contributed by atoms with van der Waals surface area (Å²) in [5, 5.41) is 42.4. The summed E-state index contributed by atoms with van der Waals surface area (Å²) in [6.07, 6.45) is 2.69. The van der Waals surface area contributed by atoms with Gasteiger partial charge in [0.25, 0.3) is 0 Å². The second kappa shape index (κ2) is 23.9. The first-order valence-electron chi connectivity index (χ1n) is 21.2. The van der Waals surface area contributed by atoms with Crippen molar-refractivity contribution in [2.24, 2.45) is 0 Å². The van der Waals surface area contributed by atoms with Gasteiger partial charge in [-0.3, -0.25) is 9.97 Å². The third-order valence-corrected chi connectivity index (χ3v) is 10.3. The van der Waals surface area contributed by atoms with E-state index in [0.717, 1.165) is 71.3 Å². The van der Waals surface area contributed by atoms with Gasteiger partial charge in [-0.15, -0.1) is 59.3 Å². The van der Waals surface area contributed by atoms with Crippen molar-refractivity contribution in [3.63, 3.8) is 0 Å². The van der Waals surface area contributed by atoms with Crippen LogP contribution in [0.15, 0.2) is 140 Å². The van der Waals surface area contributed by atoms with Crippen LogP contribution in [-0.2, 0) is 40.2 Å². The van der Waals surface area contributed by atoms with Crippen molar-refractivity contribution in [3.8, 4) is 22.5 Å². The number of hydrogen-bond acceptors (Lipinski definition) is 8. The van der Waals surface area contributed by atoms with Crippen LogP contribution in [0.4, 0.5) is 13.2 Å². The van der Waals surface area contributed by atoms with E-state index in [9.17, 15) is 13.2 Å². The van der Waals surface area contributed by atoms with Crippen molar-refractivity contribution in [3.05, 3.63) is 169 Å². The molecule has 2 aromatic heterocycles. The molecular weight excluding hydrogens is 1210 g/mol. The largest absolute Gasteiger partial charge is 0.393 e. The van der Waals surface area contributed by atoms with E-state index in [4.69, 9.17) is 30.4 Å². The molecule has 8 aromatic carbocycles. The summed E-state index contributed by atoms with van der Waals surface area (Å²) in [4.78, 5) is 18.7. The molecule has 0 amide bonds. The van der Waals surface area contributed by atoms with Crippen molar-refractivity contribution in [2.45, 2.75) is 65.0 Å². The van der Waals surface area contributed by atoms with Gasteiger partial charge in [0, 0.05) is 80.8 Å². The molecule has 10 rings (SSSR count). The molecule has 67 heavy (non-hydrogen) atoms. The van der Waals surface area contributed by atoms with E-state index in [2.05, 4.69) is 34.2 Å². The normalized spacial score (nSPS) is 12.6. The molecule has 0 saturated carbocycles. The van der Waals surface area contributed by atoms with Crippen molar-refractivity contribution in [1.82, 2.24) is 19.9 Å². The van der Waals surface area contributed by atoms with Crippen molar-refractivity contribution in [2.75, 3.05) is 0 Å². The SMILES string of the molecule is CC(O)CC(C)O.CC(O)CC(C)O.Fc1cc(F)cc(-c2cnc3c4[c-]cccc4c4ccccc4c3n2)c1.Fc1cccc(-c2cnc3c4[c-]cccc4c4ccccc4c3n2)c1.[Ir].[Ir]. The van der Waals surface area contributed by atoms with Gasteiger partial charge in [-0.1, -0.05) is 82.2 Å². The van der Waals surface area contributed by atoms with Gasteiger partial charge < -0.3 is 30.4 Å². The minimum absolute atomic E-state index is 0. The fraction of sp³-hybridized carbons (Fsp3) is 0.185. The topological polar surface area (TPSA) is 132 Å². The van der Waals surface area contributed by atoms with Crippen LogP contribution in [0.3, 0.4) is 0 Å². The molecule has 0 saturated heterocycles. The van der Waals surface area contributed by atoms with Crippen molar-refractivity contribution >= 4 is 65.2 Å². The second-order valence-electron chi connectivity index (χ2n) is 15.9. The van der Waals surface area contributed by atoms with E-state index >= 15 is 0 Å². The predicted octanol–water partition coefficient (Wildman–Crippen LogP) is 11.5. The fourth-order valence-electron chi connectivity index (χ4n) is 7.70. The van der Waals surface area contributed by atoms with E-state index in [1.54, 1.807) is 46.2 Å². The maximum absolute atomic E-state index is 13.6. The molecule has 4 unspecified atom stereocenters. The molecule has 8 nitrogen and oxygen atoms in total. The maximum atomic E-state index is 13.6. The predicted molar refractivity (Wildman–Crippen MR) is 253 cm³/mol. The van der Waals surface area contributed by atoms with Crippen LogP contribution in [-0.4, -0.2) is 64.8 Å². The number of rotatable bonds is 6. The molecule has 0 aliphatic heterocycles. The summed E-state index contributed by atoms with van der Waals surface area (Å²) in [6, 6.07) is 44.2. The van der Waals surface area contributed by atoms with Gasteiger partial charge in [0.1, 0.15) is 17.5 Å². The number of benzene rings is 8. The summed E-state index contributed by atoms with van der Waals surface area (Å²) in [5.74, 6) is -1.56. The quantitative estimate of drug-likeness (QED) is 0.0956. The van der Waals surface area contributed by atoms with Gasteiger partial charge in [0.2, 0.25) is 0 Å². The molecule has 0 spiro atoms. The van der Waals surface area contributed by atoms with Gasteiger partial charge in [-0.05, 0) is 75.6 Å². The van der Waals surface area contributed by atoms with Gasteiger partial charge >= 0.3 is 0 Å². The number of hydrogen-bond donors (Lipinski definition) is 4. The summed E-state index contributed by atoms with van der Waals surface area (Å²) in [6.45, 7) is 6.64.